The van der Waals surface area contributed by atoms with Gasteiger partial charge >= 0.3 is 0 Å². The number of para-hydroxylation sites is 1. The Bertz CT molecular complexity index is 525. The molecule has 2 aliphatic rings. The number of nitrogens with one attached hydrogen (secondary N) is 1. The van der Waals surface area contributed by atoms with Crippen LogP contribution in [-0.4, -0.2) is 50.1 Å². The average Bonchev–Trinajstić information content (AvgIpc) is 2.51. The number of hydrogen-bond acceptors (Lipinski definition) is 3. The van der Waals surface area contributed by atoms with Gasteiger partial charge in [-0.2, -0.15) is 0 Å². The number of piperazine rings is 1. The summed E-state index contributed by atoms with van der Waals surface area (Å²) in [5.74, 6) is 0.564. The van der Waals surface area contributed by atoms with Crippen LogP contribution in [0.5, 0.6) is 0 Å². The maximum atomic E-state index is 11.8. The van der Waals surface area contributed by atoms with E-state index >= 15 is 0 Å². The molecule has 4 nitrogen and oxygen atoms in total. The minimum absolute atomic E-state index is 0.264. The van der Waals surface area contributed by atoms with Gasteiger partial charge in [-0.3, -0.25) is 9.69 Å². The van der Waals surface area contributed by atoms with E-state index in [9.17, 15) is 4.79 Å². The fourth-order valence-corrected chi connectivity index (χ4v) is 3.50. The molecule has 1 saturated heterocycles. The van der Waals surface area contributed by atoms with Gasteiger partial charge < -0.3 is 10.2 Å². The van der Waals surface area contributed by atoms with Crippen molar-refractivity contribution in [3.63, 3.8) is 0 Å². The van der Waals surface area contributed by atoms with E-state index in [0.29, 0.717) is 5.92 Å². The Balaban J connectivity index is 1.33. The summed E-state index contributed by atoms with van der Waals surface area (Å²) in [6.45, 7) is 6.00. The summed E-state index contributed by atoms with van der Waals surface area (Å²) in [7, 11) is 0. The summed E-state index contributed by atoms with van der Waals surface area (Å²) in [5.41, 5.74) is 1.14. The molecule has 2 fully saturated rings. The summed E-state index contributed by atoms with van der Waals surface area (Å²) in [5, 5.41) is 3.91. The summed E-state index contributed by atoms with van der Waals surface area (Å²) >= 11 is 6.27. The molecule has 0 atom stereocenters. The van der Waals surface area contributed by atoms with E-state index in [-0.39, 0.29) is 5.91 Å². The molecule has 1 aliphatic heterocycles. The van der Waals surface area contributed by atoms with Crippen LogP contribution in [-0.2, 0) is 4.79 Å². The molecule has 23 heavy (non-hydrogen) atoms. The Morgan fingerprint density at radius 1 is 1.17 bits per heavy atom. The topological polar surface area (TPSA) is 35.6 Å². The van der Waals surface area contributed by atoms with E-state index in [1.54, 1.807) is 0 Å². The molecule has 1 aromatic rings. The van der Waals surface area contributed by atoms with Crippen molar-refractivity contribution >= 4 is 23.2 Å². The minimum atomic E-state index is 0.264. The van der Waals surface area contributed by atoms with Gasteiger partial charge in [-0.05, 0) is 37.9 Å². The molecule has 1 aliphatic carbocycles. The first-order valence-electron chi connectivity index (χ1n) is 8.73. The van der Waals surface area contributed by atoms with Crippen LogP contribution in [0.2, 0.25) is 5.02 Å². The largest absolute Gasteiger partial charge is 0.368 e. The van der Waals surface area contributed by atoms with Gasteiger partial charge in [-0.15, -0.1) is 0 Å². The van der Waals surface area contributed by atoms with Crippen LogP contribution in [0, 0.1) is 5.92 Å². The summed E-state index contributed by atoms with van der Waals surface area (Å²) in [4.78, 5) is 16.6. The lowest BCUT2D eigenvalue weighted by molar-refractivity contribution is -0.127. The quantitative estimate of drug-likeness (QED) is 0.812. The van der Waals surface area contributed by atoms with E-state index in [0.717, 1.165) is 69.2 Å². The summed E-state index contributed by atoms with van der Waals surface area (Å²) in [6, 6.07) is 8.06. The number of carbonyl (C=O) groups is 1. The molecular weight excluding hydrogens is 310 g/mol. The van der Waals surface area contributed by atoms with E-state index < -0.39 is 0 Å². The zero-order valence-corrected chi connectivity index (χ0v) is 14.4. The molecule has 1 aromatic carbocycles. The van der Waals surface area contributed by atoms with Gasteiger partial charge in [-0.25, -0.2) is 0 Å². The predicted molar refractivity (Wildman–Crippen MR) is 95.1 cm³/mol. The number of rotatable bonds is 6. The lowest BCUT2D eigenvalue weighted by atomic mass is 9.85. The third-order valence-electron chi connectivity index (χ3n) is 4.99. The highest BCUT2D eigenvalue weighted by molar-refractivity contribution is 6.33. The Hall–Kier alpha value is -1.26. The molecule has 0 radical (unpaired) electrons. The highest BCUT2D eigenvalue weighted by Crippen LogP contribution is 2.26. The number of benzene rings is 1. The summed E-state index contributed by atoms with van der Waals surface area (Å²) < 4.78 is 0. The predicted octanol–water partition coefficient (Wildman–Crippen LogP) is 2.77. The van der Waals surface area contributed by atoms with Crippen LogP contribution in [0.1, 0.15) is 25.7 Å². The fourth-order valence-electron chi connectivity index (χ4n) is 3.25. The number of anilines is 1. The van der Waals surface area contributed by atoms with Gasteiger partial charge in [0.15, 0.2) is 0 Å². The van der Waals surface area contributed by atoms with Crippen LogP contribution in [0.4, 0.5) is 5.69 Å². The lowest BCUT2D eigenvalue weighted by Gasteiger charge is -2.36. The van der Waals surface area contributed by atoms with Crippen molar-refractivity contribution in [2.75, 3.05) is 44.2 Å². The number of amides is 1. The maximum Gasteiger partial charge on any atom is 0.223 e. The molecule has 1 N–H and O–H groups in total. The minimum Gasteiger partial charge on any atom is -0.368 e. The van der Waals surface area contributed by atoms with Gasteiger partial charge in [0.2, 0.25) is 5.91 Å². The average molecular weight is 336 g/mol. The Kier molecular flexibility index (Phi) is 5.79. The van der Waals surface area contributed by atoms with Crippen molar-refractivity contribution in [2.24, 2.45) is 5.92 Å². The number of halogens is 1. The highest BCUT2D eigenvalue weighted by atomic mass is 35.5. The molecule has 5 heteroatoms. The van der Waals surface area contributed by atoms with Crippen LogP contribution in [0.15, 0.2) is 24.3 Å². The third kappa shape index (κ3) is 4.39. The lowest BCUT2D eigenvalue weighted by Crippen LogP contribution is -2.47. The van der Waals surface area contributed by atoms with Crippen LogP contribution in [0.3, 0.4) is 0 Å². The SMILES string of the molecule is O=C(NCCCN1CCN(c2ccccc2Cl)CC1)C1CCC1. The Morgan fingerprint density at radius 2 is 1.91 bits per heavy atom. The fraction of sp³-hybridized carbons (Fsp3) is 0.611. The zero-order chi connectivity index (χ0) is 16.1. The zero-order valence-electron chi connectivity index (χ0n) is 13.6. The standard InChI is InChI=1S/C18H26ClN3O/c19-16-7-1-2-8-17(16)22-13-11-21(12-14-22)10-4-9-20-18(23)15-5-3-6-15/h1-2,7-8,15H,3-6,9-14H2,(H,20,23). The highest BCUT2D eigenvalue weighted by Gasteiger charge is 2.24. The normalized spacial score (nSPS) is 19.4. The van der Waals surface area contributed by atoms with Crippen molar-refractivity contribution < 1.29 is 4.79 Å². The van der Waals surface area contributed by atoms with Crippen LogP contribution < -0.4 is 10.2 Å². The molecule has 126 valence electrons. The van der Waals surface area contributed by atoms with Crippen LogP contribution >= 0.6 is 11.6 Å². The number of hydrogen-bond donors (Lipinski definition) is 1. The third-order valence-corrected chi connectivity index (χ3v) is 5.31. The van der Waals surface area contributed by atoms with Crippen molar-refractivity contribution in [3.8, 4) is 0 Å². The van der Waals surface area contributed by atoms with Crippen LogP contribution in [0.25, 0.3) is 0 Å². The molecule has 1 heterocycles. The van der Waals surface area contributed by atoms with Crippen molar-refractivity contribution in [2.45, 2.75) is 25.7 Å². The van der Waals surface area contributed by atoms with Crippen molar-refractivity contribution in [3.05, 3.63) is 29.3 Å². The van der Waals surface area contributed by atoms with E-state index in [1.165, 1.54) is 6.42 Å². The van der Waals surface area contributed by atoms with Gasteiger partial charge in [0.25, 0.3) is 0 Å². The second kappa shape index (κ2) is 8.02. The molecular formula is C18H26ClN3O. The molecule has 0 unspecified atom stereocenters. The summed E-state index contributed by atoms with van der Waals surface area (Å²) in [6.07, 6.45) is 4.41. The van der Waals surface area contributed by atoms with Gasteiger partial charge in [-0.1, -0.05) is 30.2 Å². The molecule has 1 amide bonds. The van der Waals surface area contributed by atoms with E-state index in [4.69, 9.17) is 11.6 Å². The van der Waals surface area contributed by atoms with Crippen molar-refractivity contribution in [1.29, 1.82) is 0 Å². The second-order valence-electron chi connectivity index (χ2n) is 6.55. The second-order valence-corrected chi connectivity index (χ2v) is 6.96. The Morgan fingerprint density at radius 3 is 2.57 bits per heavy atom. The molecule has 1 saturated carbocycles. The smallest absolute Gasteiger partial charge is 0.223 e. The molecule has 0 bridgehead atoms. The van der Waals surface area contributed by atoms with Gasteiger partial charge in [0.1, 0.15) is 0 Å². The maximum absolute atomic E-state index is 11.8. The van der Waals surface area contributed by atoms with Gasteiger partial charge in [0.05, 0.1) is 10.7 Å². The number of carbonyl (C=O) groups excluding carboxylic acids is 1. The molecule has 0 aromatic heterocycles. The Labute approximate surface area is 143 Å². The first-order valence-corrected chi connectivity index (χ1v) is 9.11. The van der Waals surface area contributed by atoms with E-state index in [2.05, 4.69) is 21.2 Å². The van der Waals surface area contributed by atoms with Crippen molar-refractivity contribution in [1.82, 2.24) is 10.2 Å². The van der Waals surface area contributed by atoms with E-state index in [1.807, 2.05) is 18.2 Å². The molecule has 0 spiro atoms. The monoisotopic (exact) mass is 335 g/mol. The molecule has 3 rings (SSSR count). The number of nitrogens with zero attached hydrogens (tertiary/aromatic N) is 2. The first-order chi connectivity index (χ1) is 11.2. The first kappa shape index (κ1) is 16.6. The van der Waals surface area contributed by atoms with Gasteiger partial charge in [0, 0.05) is 38.6 Å².